The van der Waals surface area contributed by atoms with E-state index in [1.165, 1.54) is 88.4 Å². The van der Waals surface area contributed by atoms with Crippen molar-refractivity contribution in [3.63, 3.8) is 0 Å². The van der Waals surface area contributed by atoms with Gasteiger partial charge in [0.25, 0.3) is 0 Å². The Morgan fingerprint density at radius 2 is 1.00 bits per heavy atom. The van der Waals surface area contributed by atoms with Crippen molar-refractivity contribution in [2.45, 2.75) is 125 Å². The zero-order chi connectivity index (χ0) is 23.6. The molecule has 0 aliphatic heterocycles. The number of nitrogens with zero attached hydrogens (tertiary/aromatic N) is 1. The van der Waals surface area contributed by atoms with Crippen molar-refractivity contribution in [2.24, 2.45) is 0 Å². The van der Waals surface area contributed by atoms with Crippen molar-refractivity contribution in [3.05, 3.63) is 0 Å². The first-order valence-corrected chi connectivity index (χ1v) is 13.0. The molecule has 0 saturated carbocycles. The third kappa shape index (κ3) is 23.0. The number of hydrogen-bond acceptors (Lipinski definition) is 2. The maximum absolute atomic E-state index is 10.2. The Balaban J connectivity index is 0. The van der Waals surface area contributed by atoms with Crippen molar-refractivity contribution in [1.82, 2.24) is 0 Å². The van der Waals surface area contributed by atoms with Crippen LogP contribution < -0.4 is 5.11 Å². The summed E-state index contributed by atoms with van der Waals surface area (Å²) in [7, 11) is 0. The normalized spacial score (nSPS) is 10.2. The van der Waals surface area contributed by atoms with Crippen LogP contribution in [0.4, 0.5) is 0 Å². The van der Waals surface area contributed by atoms with E-state index in [4.69, 9.17) is 0 Å². The van der Waals surface area contributed by atoms with E-state index in [1.807, 2.05) is 0 Å². The van der Waals surface area contributed by atoms with Gasteiger partial charge in [-0.15, -0.1) is 0 Å². The largest absolute Gasteiger partial charge is 0.550 e. The quantitative estimate of drug-likeness (QED) is 0.158. The van der Waals surface area contributed by atoms with E-state index < -0.39 is 5.97 Å². The Bertz CT molecular complexity index is 497. The summed E-state index contributed by atoms with van der Waals surface area (Å²) >= 11 is 0. The lowest BCUT2D eigenvalue weighted by atomic mass is 10.1. The molecule has 180 valence electrons. The molecule has 0 radical (unpaired) electrons. The Kier molecular flexibility index (Phi) is 25.4. The van der Waals surface area contributed by atoms with Gasteiger partial charge in [-0.05, 0) is 58.8 Å². The molecular formula is C28H51NO2. The van der Waals surface area contributed by atoms with Crippen LogP contribution in [-0.4, -0.2) is 36.6 Å². The Labute approximate surface area is 195 Å². The molecule has 3 nitrogen and oxygen atoms in total. The molecule has 0 aliphatic rings. The molecular weight excluding hydrogens is 382 g/mol. The van der Waals surface area contributed by atoms with E-state index in [1.54, 1.807) is 0 Å². The standard InChI is InChI=1S/C20H32O2.C8H20N/c1-2-3-4-5-6-7-8-9-10-11-12-13-14-15-16-17-18-19-20(21)22;1-5-9(6-2,7-3)8-4/h2-12,17-19H2,1H3,(H,21,22);5-8H2,1-4H3/q;+1/p-1. The number of quaternary nitrogens is 1. The van der Waals surface area contributed by atoms with Gasteiger partial charge in [-0.1, -0.05) is 76.6 Å². The Hall–Kier alpha value is -1.45. The molecule has 0 aromatic rings. The van der Waals surface area contributed by atoms with Gasteiger partial charge in [-0.25, -0.2) is 0 Å². The second-order valence-electron chi connectivity index (χ2n) is 8.37. The van der Waals surface area contributed by atoms with Crippen molar-refractivity contribution in [2.75, 3.05) is 26.2 Å². The lowest BCUT2D eigenvalue weighted by Gasteiger charge is -2.34. The van der Waals surface area contributed by atoms with Crippen molar-refractivity contribution in [1.29, 1.82) is 0 Å². The average molecular weight is 434 g/mol. The predicted molar refractivity (Wildman–Crippen MR) is 133 cm³/mol. The van der Waals surface area contributed by atoms with Crippen LogP contribution in [0.5, 0.6) is 0 Å². The zero-order valence-electron chi connectivity index (χ0n) is 21.5. The van der Waals surface area contributed by atoms with E-state index in [9.17, 15) is 9.90 Å². The summed E-state index contributed by atoms with van der Waals surface area (Å²) in [4.78, 5) is 10.2. The first kappa shape index (κ1) is 31.7. The summed E-state index contributed by atoms with van der Waals surface area (Å²) in [6.45, 7) is 16.5. The Morgan fingerprint density at radius 3 is 1.35 bits per heavy atom. The molecule has 0 spiro atoms. The van der Waals surface area contributed by atoms with Gasteiger partial charge in [-0.2, -0.15) is 0 Å². The molecule has 0 bridgehead atoms. The highest BCUT2D eigenvalue weighted by Crippen LogP contribution is 2.11. The monoisotopic (exact) mass is 433 g/mol. The van der Waals surface area contributed by atoms with Crippen LogP contribution in [0, 0.1) is 23.7 Å². The fourth-order valence-corrected chi connectivity index (χ4v) is 3.58. The average Bonchev–Trinajstić information content (AvgIpc) is 2.78. The number of rotatable bonds is 17. The SMILES string of the molecule is CCCCCCCCCCCCC#CC#CCCCC(=O)[O-].CC[N+](CC)(CC)CC. The van der Waals surface area contributed by atoms with Crippen LogP contribution in [-0.2, 0) is 4.79 Å². The van der Waals surface area contributed by atoms with E-state index in [-0.39, 0.29) is 6.42 Å². The van der Waals surface area contributed by atoms with Gasteiger partial charge in [0.1, 0.15) is 0 Å². The summed E-state index contributed by atoms with van der Waals surface area (Å²) < 4.78 is 1.28. The summed E-state index contributed by atoms with van der Waals surface area (Å²) in [6.07, 6.45) is 15.5. The van der Waals surface area contributed by atoms with E-state index >= 15 is 0 Å². The first-order chi connectivity index (χ1) is 15.0. The minimum Gasteiger partial charge on any atom is -0.550 e. The first-order valence-electron chi connectivity index (χ1n) is 13.0. The molecule has 0 atom stereocenters. The maximum Gasteiger partial charge on any atom is 0.0757 e. The highest BCUT2D eigenvalue weighted by atomic mass is 16.4. The van der Waals surface area contributed by atoms with Gasteiger partial charge in [-0.3, -0.25) is 0 Å². The summed E-state index contributed by atoms with van der Waals surface area (Å²) in [5.74, 6) is 10.5. The molecule has 0 fully saturated rings. The number of hydrogen-bond donors (Lipinski definition) is 0. The molecule has 0 rings (SSSR count). The number of carbonyl (C=O) groups is 1. The Morgan fingerprint density at radius 1 is 0.613 bits per heavy atom. The van der Waals surface area contributed by atoms with Gasteiger partial charge in [0.05, 0.1) is 26.2 Å². The van der Waals surface area contributed by atoms with E-state index in [2.05, 4.69) is 58.3 Å². The molecule has 3 heteroatoms. The lowest BCUT2D eigenvalue weighted by molar-refractivity contribution is -0.921. The fraction of sp³-hybridized carbons (Fsp3) is 0.821. The third-order valence-corrected chi connectivity index (χ3v) is 6.26. The molecule has 0 aliphatic carbocycles. The van der Waals surface area contributed by atoms with Crippen molar-refractivity contribution < 1.29 is 14.4 Å². The number of unbranched alkanes of at least 4 members (excludes halogenated alkanes) is 11. The van der Waals surface area contributed by atoms with Gasteiger partial charge in [0.2, 0.25) is 0 Å². The molecule has 31 heavy (non-hydrogen) atoms. The van der Waals surface area contributed by atoms with Crippen LogP contribution in [0.25, 0.3) is 0 Å². The predicted octanol–water partition coefficient (Wildman–Crippen LogP) is 6.11. The molecule has 0 amide bonds. The summed E-state index contributed by atoms with van der Waals surface area (Å²) in [6, 6.07) is 0. The van der Waals surface area contributed by atoms with E-state index in [0.717, 1.165) is 12.8 Å². The van der Waals surface area contributed by atoms with Gasteiger partial charge < -0.3 is 14.4 Å². The van der Waals surface area contributed by atoms with Crippen LogP contribution in [0.1, 0.15) is 125 Å². The number of carboxylic acids is 1. The highest BCUT2D eigenvalue weighted by molar-refractivity contribution is 5.64. The molecule has 0 unspecified atom stereocenters. The zero-order valence-corrected chi connectivity index (χ0v) is 21.5. The lowest BCUT2D eigenvalue weighted by Crippen LogP contribution is -2.47. The van der Waals surface area contributed by atoms with Crippen molar-refractivity contribution in [3.8, 4) is 23.7 Å². The minimum atomic E-state index is -1.01. The number of carbonyl (C=O) groups excluding carboxylic acids is 1. The maximum atomic E-state index is 10.2. The van der Waals surface area contributed by atoms with Crippen LogP contribution in [0.15, 0.2) is 0 Å². The molecule has 0 aromatic heterocycles. The summed E-state index contributed by atoms with van der Waals surface area (Å²) in [5.41, 5.74) is 0. The molecule has 0 N–H and O–H groups in total. The van der Waals surface area contributed by atoms with Crippen LogP contribution in [0.3, 0.4) is 0 Å². The van der Waals surface area contributed by atoms with Crippen LogP contribution in [0.2, 0.25) is 0 Å². The van der Waals surface area contributed by atoms with Gasteiger partial charge in [0, 0.05) is 18.8 Å². The topological polar surface area (TPSA) is 40.1 Å². The second kappa shape index (κ2) is 24.8. The number of carboxylic acid groups (broad SMARTS) is 1. The smallest absolute Gasteiger partial charge is 0.0757 e. The van der Waals surface area contributed by atoms with Gasteiger partial charge >= 0.3 is 0 Å². The van der Waals surface area contributed by atoms with Gasteiger partial charge in [0.15, 0.2) is 0 Å². The number of aliphatic carboxylic acids is 1. The third-order valence-electron chi connectivity index (χ3n) is 6.26. The fourth-order valence-electron chi connectivity index (χ4n) is 3.58. The molecule has 0 aromatic carbocycles. The minimum absolute atomic E-state index is 0.0840. The van der Waals surface area contributed by atoms with Crippen molar-refractivity contribution >= 4 is 5.97 Å². The van der Waals surface area contributed by atoms with E-state index in [0.29, 0.717) is 12.8 Å². The highest BCUT2D eigenvalue weighted by Gasteiger charge is 2.16. The molecule has 0 saturated heterocycles. The molecule has 0 heterocycles. The summed E-state index contributed by atoms with van der Waals surface area (Å²) in [5, 5.41) is 10.2. The second-order valence-corrected chi connectivity index (χ2v) is 8.37. The van der Waals surface area contributed by atoms with Crippen LogP contribution >= 0.6 is 0 Å².